The summed E-state index contributed by atoms with van der Waals surface area (Å²) in [5, 5.41) is 3.01. The summed E-state index contributed by atoms with van der Waals surface area (Å²) in [6.45, 7) is 4.81. The fourth-order valence-corrected chi connectivity index (χ4v) is 5.31. The lowest BCUT2D eigenvalue weighted by atomic mass is 10.0. The molecule has 1 saturated heterocycles. The van der Waals surface area contributed by atoms with Crippen molar-refractivity contribution in [1.82, 2.24) is 10.2 Å². The molecule has 144 valence electrons. The van der Waals surface area contributed by atoms with Crippen LogP contribution in [0.2, 0.25) is 0 Å². The van der Waals surface area contributed by atoms with Gasteiger partial charge in [-0.15, -0.1) is 0 Å². The van der Waals surface area contributed by atoms with Crippen molar-refractivity contribution in [3.63, 3.8) is 0 Å². The highest BCUT2D eigenvalue weighted by Crippen LogP contribution is 2.31. The van der Waals surface area contributed by atoms with Crippen molar-refractivity contribution in [2.24, 2.45) is 5.92 Å². The van der Waals surface area contributed by atoms with E-state index in [0.717, 1.165) is 25.8 Å². The maximum Gasteiger partial charge on any atom is 0.317 e. The van der Waals surface area contributed by atoms with Gasteiger partial charge in [0.15, 0.2) is 0 Å². The molecule has 0 aliphatic carbocycles. The summed E-state index contributed by atoms with van der Waals surface area (Å²) < 4.78 is 23.0. The van der Waals surface area contributed by atoms with Gasteiger partial charge < -0.3 is 15.1 Å². The van der Waals surface area contributed by atoms with Crippen LogP contribution in [0.4, 0.5) is 10.5 Å². The maximum atomic E-state index is 12.5. The summed E-state index contributed by atoms with van der Waals surface area (Å²) in [4.78, 5) is 16.6. The number of urea groups is 1. The Kier molecular flexibility index (Phi) is 5.75. The van der Waals surface area contributed by atoms with Crippen molar-refractivity contribution in [3.05, 3.63) is 29.8 Å². The SMILES string of the molecule is C[C@@H]1Cc2ccccc2N1CCNC(=O)N1CCC[C@H](CS(C)(=O)=O)C1. The lowest BCUT2D eigenvalue weighted by Gasteiger charge is -2.33. The minimum Gasteiger partial charge on any atom is -0.367 e. The first-order chi connectivity index (χ1) is 12.3. The van der Waals surface area contributed by atoms with Gasteiger partial charge >= 0.3 is 6.03 Å². The number of piperidine rings is 1. The Bertz CT molecular complexity index is 750. The van der Waals surface area contributed by atoms with Crippen LogP contribution in [0, 0.1) is 5.92 Å². The Morgan fingerprint density at radius 1 is 1.31 bits per heavy atom. The molecule has 6 nitrogen and oxygen atoms in total. The highest BCUT2D eigenvalue weighted by Gasteiger charge is 2.27. The third-order valence-electron chi connectivity index (χ3n) is 5.32. The van der Waals surface area contributed by atoms with Gasteiger partial charge in [-0.1, -0.05) is 18.2 Å². The molecule has 0 radical (unpaired) electrons. The summed E-state index contributed by atoms with van der Waals surface area (Å²) in [5.41, 5.74) is 2.63. The molecule has 2 heterocycles. The van der Waals surface area contributed by atoms with E-state index in [1.807, 2.05) is 0 Å². The Labute approximate surface area is 156 Å². The molecule has 1 N–H and O–H groups in total. The molecule has 2 atom stereocenters. The smallest absolute Gasteiger partial charge is 0.317 e. The molecule has 0 aromatic heterocycles. The molecule has 26 heavy (non-hydrogen) atoms. The van der Waals surface area contributed by atoms with Gasteiger partial charge in [0.05, 0.1) is 5.75 Å². The van der Waals surface area contributed by atoms with Gasteiger partial charge in [-0.2, -0.15) is 0 Å². The van der Waals surface area contributed by atoms with E-state index in [2.05, 4.69) is 41.4 Å². The van der Waals surface area contributed by atoms with Crippen LogP contribution >= 0.6 is 0 Å². The number of rotatable bonds is 5. The van der Waals surface area contributed by atoms with Crippen molar-refractivity contribution in [2.75, 3.05) is 43.1 Å². The number of likely N-dealkylation sites (tertiary alicyclic amines) is 1. The van der Waals surface area contributed by atoms with Gasteiger partial charge in [0.1, 0.15) is 9.84 Å². The minimum atomic E-state index is -3.00. The van der Waals surface area contributed by atoms with Gasteiger partial charge in [-0.05, 0) is 43.7 Å². The summed E-state index contributed by atoms with van der Waals surface area (Å²) in [6, 6.07) is 8.79. The van der Waals surface area contributed by atoms with Crippen LogP contribution < -0.4 is 10.2 Å². The zero-order chi connectivity index (χ0) is 18.7. The van der Waals surface area contributed by atoms with Crippen LogP contribution in [0.5, 0.6) is 0 Å². The van der Waals surface area contributed by atoms with Crippen molar-refractivity contribution < 1.29 is 13.2 Å². The summed E-state index contributed by atoms with van der Waals surface area (Å²) in [6.07, 6.45) is 4.05. The van der Waals surface area contributed by atoms with Gasteiger partial charge in [0, 0.05) is 44.2 Å². The number of carbonyl (C=O) groups excluding carboxylic acids is 1. The van der Waals surface area contributed by atoms with Crippen LogP contribution in [0.15, 0.2) is 24.3 Å². The monoisotopic (exact) mass is 379 g/mol. The zero-order valence-corrected chi connectivity index (χ0v) is 16.5. The average Bonchev–Trinajstić information content (AvgIpc) is 2.89. The largest absolute Gasteiger partial charge is 0.367 e. The van der Waals surface area contributed by atoms with E-state index in [0.29, 0.717) is 25.7 Å². The number of nitrogens with one attached hydrogen (secondary N) is 1. The van der Waals surface area contributed by atoms with E-state index in [1.165, 1.54) is 17.5 Å². The number of hydrogen-bond acceptors (Lipinski definition) is 4. The number of para-hydroxylation sites is 1. The summed E-state index contributed by atoms with van der Waals surface area (Å²) in [5.74, 6) is 0.216. The molecular weight excluding hydrogens is 350 g/mol. The summed E-state index contributed by atoms with van der Waals surface area (Å²) >= 11 is 0. The number of anilines is 1. The van der Waals surface area contributed by atoms with E-state index < -0.39 is 9.84 Å². The van der Waals surface area contributed by atoms with Crippen molar-refractivity contribution in [3.8, 4) is 0 Å². The van der Waals surface area contributed by atoms with Crippen LogP contribution in [-0.4, -0.2) is 63.6 Å². The fraction of sp³-hybridized carbons (Fsp3) is 0.632. The number of amides is 2. The highest BCUT2D eigenvalue weighted by molar-refractivity contribution is 7.90. The average molecular weight is 380 g/mol. The molecule has 1 aromatic rings. The van der Waals surface area contributed by atoms with Crippen molar-refractivity contribution >= 4 is 21.6 Å². The molecular formula is C19H29N3O3S. The Morgan fingerprint density at radius 2 is 2.08 bits per heavy atom. The van der Waals surface area contributed by atoms with Crippen molar-refractivity contribution in [2.45, 2.75) is 32.2 Å². The van der Waals surface area contributed by atoms with Gasteiger partial charge in [-0.25, -0.2) is 13.2 Å². The van der Waals surface area contributed by atoms with Crippen LogP contribution in [-0.2, 0) is 16.3 Å². The van der Waals surface area contributed by atoms with Crippen LogP contribution in [0.25, 0.3) is 0 Å². The number of nitrogens with zero attached hydrogens (tertiary/aromatic N) is 2. The first-order valence-corrected chi connectivity index (χ1v) is 11.4. The molecule has 1 aromatic carbocycles. The van der Waals surface area contributed by atoms with E-state index in [4.69, 9.17) is 0 Å². The van der Waals surface area contributed by atoms with E-state index in [-0.39, 0.29) is 17.7 Å². The molecule has 0 unspecified atom stereocenters. The number of benzene rings is 1. The Balaban J connectivity index is 1.48. The second kappa shape index (κ2) is 7.86. The normalized spacial score (nSPS) is 23.0. The number of sulfone groups is 1. The lowest BCUT2D eigenvalue weighted by molar-refractivity contribution is 0.170. The first-order valence-electron chi connectivity index (χ1n) is 9.38. The van der Waals surface area contributed by atoms with Gasteiger partial charge in [0.25, 0.3) is 0 Å². The number of fused-ring (bicyclic) bond motifs is 1. The zero-order valence-electron chi connectivity index (χ0n) is 15.6. The van der Waals surface area contributed by atoms with E-state index >= 15 is 0 Å². The predicted molar refractivity (Wildman–Crippen MR) is 104 cm³/mol. The van der Waals surface area contributed by atoms with Gasteiger partial charge in [-0.3, -0.25) is 0 Å². The second-order valence-electron chi connectivity index (χ2n) is 7.65. The topological polar surface area (TPSA) is 69.7 Å². The molecule has 1 fully saturated rings. The van der Waals surface area contributed by atoms with Crippen LogP contribution in [0.3, 0.4) is 0 Å². The minimum absolute atomic E-state index is 0.0509. The summed E-state index contributed by atoms with van der Waals surface area (Å²) in [7, 11) is -3.00. The molecule has 3 rings (SSSR count). The molecule has 0 spiro atoms. The first kappa shape index (κ1) is 19.0. The Hall–Kier alpha value is -1.76. The molecule has 0 bridgehead atoms. The Morgan fingerprint density at radius 3 is 2.85 bits per heavy atom. The second-order valence-corrected chi connectivity index (χ2v) is 9.84. The third-order valence-corrected chi connectivity index (χ3v) is 6.40. The maximum absolute atomic E-state index is 12.5. The number of carbonyl (C=O) groups is 1. The standard InChI is InChI=1S/C19H29N3O3S/c1-15-12-17-7-3-4-8-18(17)22(15)11-9-20-19(23)21-10-5-6-16(13-21)14-26(2,24)25/h3-4,7-8,15-16H,5-6,9-14H2,1-2H3,(H,20,23)/t15-,16+/m1/s1. The number of hydrogen-bond donors (Lipinski definition) is 1. The molecule has 2 aliphatic heterocycles. The van der Waals surface area contributed by atoms with Gasteiger partial charge in [0.2, 0.25) is 0 Å². The van der Waals surface area contributed by atoms with Crippen LogP contribution in [0.1, 0.15) is 25.3 Å². The molecule has 7 heteroatoms. The highest BCUT2D eigenvalue weighted by atomic mass is 32.2. The predicted octanol–water partition coefficient (Wildman–Crippen LogP) is 1.90. The fourth-order valence-electron chi connectivity index (χ4n) is 4.18. The molecule has 2 aliphatic rings. The molecule has 0 saturated carbocycles. The van der Waals surface area contributed by atoms with Crippen molar-refractivity contribution in [1.29, 1.82) is 0 Å². The third kappa shape index (κ3) is 4.69. The van der Waals surface area contributed by atoms with E-state index in [1.54, 1.807) is 4.90 Å². The molecule has 2 amide bonds. The quantitative estimate of drug-likeness (QED) is 0.848. The lowest BCUT2D eigenvalue weighted by Crippen LogP contribution is -2.48. The van der Waals surface area contributed by atoms with E-state index in [9.17, 15) is 13.2 Å².